The molecule has 1 amide bonds. The smallest absolute Gasteiger partial charge is 0.354 e. The van der Waals surface area contributed by atoms with Crippen molar-refractivity contribution < 1.29 is 14.3 Å². The number of amides is 1. The number of hydrogen-bond donors (Lipinski definition) is 0. The first-order valence-electron chi connectivity index (χ1n) is 8.95. The molecule has 1 aliphatic heterocycles. The number of esters is 1. The minimum atomic E-state index is -0.620. The van der Waals surface area contributed by atoms with Crippen LogP contribution in [0.3, 0.4) is 0 Å². The summed E-state index contributed by atoms with van der Waals surface area (Å²) in [7, 11) is 0. The highest BCUT2D eigenvalue weighted by Gasteiger charge is 2.39. The molecule has 1 atom stereocenters. The van der Waals surface area contributed by atoms with Gasteiger partial charge >= 0.3 is 5.97 Å². The fourth-order valence-electron chi connectivity index (χ4n) is 3.48. The van der Waals surface area contributed by atoms with E-state index in [1.807, 2.05) is 30.3 Å². The number of para-hydroxylation sites is 1. The highest BCUT2D eigenvalue weighted by atomic mass is 35.5. The molecule has 1 aromatic carbocycles. The number of carbonyl (C=O) groups is 2. The molecule has 142 valence electrons. The molecule has 0 fully saturated rings. The van der Waals surface area contributed by atoms with Gasteiger partial charge in [-0.1, -0.05) is 35.9 Å². The van der Waals surface area contributed by atoms with Gasteiger partial charge < -0.3 is 14.2 Å². The van der Waals surface area contributed by atoms with Gasteiger partial charge in [0, 0.05) is 23.6 Å². The molecule has 3 aromatic rings. The van der Waals surface area contributed by atoms with Gasteiger partial charge in [-0.05, 0) is 36.8 Å². The van der Waals surface area contributed by atoms with Crippen LogP contribution in [0, 0.1) is 0 Å². The van der Waals surface area contributed by atoms with Crippen LogP contribution in [0.5, 0.6) is 0 Å². The maximum atomic E-state index is 13.4. The van der Waals surface area contributed by atoms with Crippen LogP contribution in [0.25, 0.3) is 0 Å². The van der Waals surface area contributed by atoms with Crippen molar-refractivity contribution in [3.8, 4) is 0 Å². The number of carbonyl (C=O) groups excluding carboxylic acids is 2. The zero-order valence-electron chi connectivity index (χ0n) is 15.2. The molecule has 0 spiro atoms. The number of nitrogens with zero attached hydrogens (tertiary/aromatic N) is 3. The van der Waals surface area contributed by atoms with E-state index in [2.05, 4.69) is 4.98 Å². The number of benzene rings is 1. The van der Waals surface area contributed by atoms with Gasteiger partial charge in [-0.2, -0.15) is 0 Å². The fraction of sp³-hybridized carbons (Fsp3) is 0.190. The van der Waals surface area contributed by atoms with E-state index in [1.165, 1.54) is 0 Å². The van der Waals surface area contributed by atoms with Gasteiger partial charge in [0.15, 0.2) is 0 Å². The van der Waals surface area contributed by atoms with Crippen LogP contribution in [0.1, 0.15) is 34.6 Å². The number of hydrogen-bond acceptors (Lipinski definition) is 4. The lowest BCUT2D eigenvalue weighted by molar-refractivity contribution is -0.120. The average Bonchev–Trinajstić information content (AvgIpc) is 3.27. The molecule has 0 aliphatic carbocycles. The lowest BCUT2D eigenvalue weighted by atomic mass is 10.1. The quantitative estimate of drug-likeness (QED) is 0.486. The second-order valence-corrected chi connectivity index (χ2v) is 6.78. The lowest BCUT2D eigenvalue weighted by Gasteiger charge is -2.19. The van der Waals surface area contributed by atoms with Crippen molar-refractivity contribution in [1.29, 1.82) is 0 Å². The van der Waals surface area contributed by atoms with E-state index < -0.39 is 12.0 Å². The Morgan fingerprint density at radius 3 is 2.75 bits per heavy atom. The number of ether oxygens (including phenoxy) is 1. The summed E-state index contributed by atoms with van der Waals surface area (Å²) in [5, 5.41) is 0.404. The standard InChI is InChI=1S/C21H18ClN3O3/c1-2-28-21(27)17-8-5-11-24(17)19-15-6-3-4-7-16(15)25(20(19)26)13-14-9-10-18(22)23-12-14/h3-12,19H,2,13H2,1H3. The molecule has 0 saturated heterocycles. The third kappa shape index (κ3) is 3.16. The van der Waals surface area contributed by atoms with Crippen LogP contribution >= 0.6 is 11.6 Å². The van der Waals surface area contributed by atoms with Crippen LogP contribution in [-0.2, 0) is 16.1 Å². The molecular formula is C21H18ClN3O3. The monoisotopic (exact) mass is 395 g/mol. The molecule has 1 unspecified atom stereocenters. The Bertz CT molecular complexity index is 1030. The molecule has 0 saturated carbocycles. The maximum absolute atomic E-state index is 13.4. The third-order valence-electron chi connectivity index (χ3n) is 4.69. The van der Waals surface area contributed by atoms with E-state index in [1.54, 1.807) is 47.0 Å². The van der Waals surface area contributed by atoms with E-state index in [0.29, 0.717) is 17.4 Å². The van der Waals surface area contributed by atoms with E-state index in [9.17, 15) is 9.59 Å². The first kappa shape index (κ1) is 18.3. The van der Waals surface area contributed by atoms with Crippen LogP contribution in [0.2, 0.25) is 5.15 Å². The number of pyridine rings is 1. The van der Waals surface area contributed by atoms with Crippen LogP contribution < -0.4 is 4.90 Å². The molecule has 3 heterocycles. The Morgan fingerprint density at radius 1 is 1.18 bits per heavy atom. The van der Waals surface area contributed by atoms with Crippen molar-refractivity contribution in [2.45, 2.75) is 19.5 Å². The molecule has 0 N–H and O–H groups in total. The minimum Gasteiger partial charge on any atom is -0.461 e. The second-order valence-electron chi connectivity index (χ2n) is 6.40. The molecule has 7 heteroatoms. The van der Waals surface area contributed by atoms with Gasteiger partial charge in [-0.25, -0.2) is 9.78 Å². The van der Waals surface area contributed by atoms with Crippen LogP contribution in [-0.4, -0.2) is 28.0 Å². The van der Waals surface area contributed by atoms with Gasteiger partial charge in [0.2, 0.25) is 0 Å². The highest BCUT2D eigenvalue weighted by Crippen LogP contribution is 2.39. The number of halogens is 1. The molecule has 2 aromatic heterocycles. The number of aromatic nitrogens is 2. The predicted molar refractivity (Wildman–Crippen MR) is 105 cm³/mol. The number of rotatable bonds is 5. The van der Waals surface area contributed by atoms with E-state index in [0.717, 1.165) is 16.8 Å². The van der Waals surface area contributed by atoms with Crippen molar-refractivity contribution >= 4 is 29.2 Å². The summed E-state index contributed by atoms with van der Waals surface area (Å²) >= 11 is 5.86. The van der Waals surface area contributed by atoms with Gasteiger partial charge in [-0.15, -0.1) is 0 Å². The first-order valence-corrected chi connectivity index (χ1v) is 9.32. The Kier molecular flexibility index (Phi) is 4.88. The van der Waals surface area contributed by atoms with E-state index in [-0.39, 0.29) is 12.5 Å². The minimum absolute atomic E-state index is 0.113. The Labute approximate surface area is 167 Å². The zero-order chi connectivity index (χ0) is 19.7. The summed E-state index contributed by atoms with van der Waals surface area (Å²) in [6, 6.07) is 13.9. The molecule has 6 nitrogen and oxygen atoms in total. The summed E-state index contributed by atoms with van der Waals surface area (Å²) in [5.74, 6) is -0.559. The predicted octanol–water partition coefficient (Wildman–Crippen LogP) is 3.85. The summed E-state index contributed by atoms with van der Waals surface area (Å²) < 4.78 is 6.82. The van der Waals surface area contributed by atoms with Crippen molar-refractivity contribution in [3.05, 3.63) is 82.9 Å². The Hall–Kier alpha value is -3.12. The van der Waals surface area contributed by atoms with E-state index in [4.69, 9.17) is 16.3 Å². The van der Waals surface area contributed by atoms with Gasteiger partial charge in [0.05, 0.1) is 13.2 Å². The van der Waals surface area contributed by atoms with Crippen molar-refractivity contribution in [1.82, 2.24) is 9.55 Å². The first-order chi connectivity index (χ1) is 13.6. The van der Waals surface area contributed by atoms with Gasteiger partial charge in [0.1, 0.15) is 16.9 Å². The molecule has 28 heavy (non-hydrogen) atoms. The molecule has 0 bridgehead atoms. The maximum Gasteiger partial charge on any atom is 0.354 e. The molecular weight excluding hydrogens is 378 g/mol. The summed E-state index contributed by atoms with van der Waals surface area (Å²) in [6.07, 6.45) is 3.39. The zero-order valence-corrected chi connectivity index (χ0v) is 16.0. The normalized spacial score (nSPS) is 15.6. The fourth-order valence-corrected chi connectivity index (χ4v) is 3.59. The third-order valence-corrected chi connectivity index (χ3v) is 4.92. The lowest BCUT2D eigenvalue weighted by Crippen LogP contribution is -2.31. The molecule has 0 radical (unpaired) electrons. The van der Waals surface area contributed by atoms with Gasteiger partial charge in [-0.3, -0.25) is 4.79 Å². The van der Waals surface area contributed by atoms with Crippen molar-refractivity contribution in [2.75, 3.05) is 11.5 Å². The van der Waals surface area contributed by atoms with Crippen molar-refractivity contribution in [3.63, 3.8) is 0 Å². The summed E-state index contributed by atoms with van der Waals surface area (Å²) in [4.78, 5) is 31.5. The van der Waals surface area contributed by atoms with E-state index >= 15 is 0 Å². The Balaban J connectivity index is 1.73. The average molecular weight is 396 g/mol. The topological polar surface area (TPSA) is 64.4 Å². The molecule has 4 rings (SSSR count). The van der Waals surface area contributed by atoms with Crippen molar-refractivity contribution in [2.24, 2.45) is 0 Å². The van der Waals surface area contributed by atoms with Crippen LogP contribution in [0.4, 0.5) is 5.69 Å². The largest absolute Gasteiger partial charge is 0.461 e. The van der Waals surface area contributed by atoms with Gasteiger partial charge in [0.25, 0.3) is 5.91 Å². The summed E-state index contributed by atoms with van der Waals surface area (Å²) in [5.41, 5.74) is 2.88. The van der Waals surface area contributed by atoms with Crippen LogP contribution in [0.15, 0.2) is 60.9 Å². The summed E-state index contributed by atoms with van der Waals surface area (Å²) in [6.45, 7) is 2.39. The SMILES string of the molecule is CCOC(=O)c1cccn1C1C(=O)N(Cc2ccc(Cl)nc2)c2ccccc21. The second kappa shape index (κ2) is 7.48. The number of anilines is 1. The number of fused-ring (bicyclic) bond motifs is 1. The highest BCUT2D eigenvalue weighted by molar-refractivity contribution is 6.29. The Morgan fingerprint density at radius 2 is 2.00 bits per heavy atom. The molecule has 1 aliphatic rings.